The van der Waals surface area contributed by atoms with E-state index in [0.717, 1.165) is 49.6 Å². The van der Waals surface area contributed by atoms with Gasteiger partial charge in [0.05, 0.1) is 12.0 Å². The van der Waals surface area contributed by atoms with Crippen molar-refractivity contribution in [3.63, 3.8) is 0 Å². The molecular formula is C16H19N3O2. The van der Waals surface area contributed by atoms with Gasteiger partial charge < -0.3 is 14.2 Å². The van der Waals surface area contributed by atoms with Gasteiger partial charge >= 0.3 is 0 Å². The van der Waals surface area contributed by atoms with Gasteiger partial charge in [0.15, 0.2) is 0 Å². The van der Waals surface area contributed by atoms with Crippen LogP contribution in [0.15, 0.2) is 22.7 Å². The van der Waals surface area contributed by atoms with Crippen LogP contribution in [-0.2, 0) is 11.8 Å². The monoisotopic (exact) mass is 285 g/mol. The molecule has 110 valence electrons. The predicted octanol–water partition coefficient (Wildman–Crippen LogP) is 2.26. The van der Waals surface area contributed by atoms with E-state index in [1.54, 1.807) is 0 Å². The standard InChI is InChI=1S/C16H19N3O2/c1-19(2)10-16(6-7-16)15-17-14(18-21-15)12-3-4-13-11(9-12)5-8-20-13/h3-4,9H,5-8,10H2,1-2H3. The Morgan fingerprint density at radius 2 is 2.14 bits per heavy atom. The number of benzene rings is 1. The van der Waals surface area contributed by atoms with Gasteiger partial charge in [0.2, 0.25) is 11.7 Å². The van der Waals surface area contributed by atoms with E-state index in [-0.39, 0.29) is 5.41 Å². The molecule has 1 saturated carbocycles. The zero-order valence-corrected chi connectivity index (χ0v) is 12.4. The summed E-state index contributed by atoms with van der Waals surface area (Å²) in [5.41, 5.74) is 2.32. The molecule has 1 aliphatic carbocycles. The Bertz CT molecular complexity index is 674. The molecule has 0 spiro atoms. The minimum Gasteiger partial charge on any atom is -0.493 e. The third-order valence-corrected chi connectivity index (χ3v) is 4.30. The Hall–Kier alpha value is -1.88. The summed E-state index contributed by atoms with van der Waals surface area (Å²) in [5.74, 6) is 2.45. The molecule has 1 aromatic carbocycles. The van der Waals surface area contributed by atoms with Gasteiger partial charge in [-0.1, -0.05) is 5.16 Å². The van der Waals surface area contributed by atoms with Crippen molar-refractivity contribution in [3.05, 3.63) is 29.7 Å². The van der Waals surface area contributed by atoms with Crippen molar-refractivity contribution >= 4 is 0 Å². The lowest BCUT2D eigenvalue weighted by Crippen LogP contribution is -2.26. The van der Waals surface area contributed by atoms with Crippen LogP contribution in [0.2, 0.25) is 0 Å². The van der Waals surface area contributed by atoms with Crippen LogP contribution in [0.5, 0.6) is 5.75 Å². The minimum absolute atomic E-state index is 0.0780. The van der Waals surface area contributed by atoms with Gasteiger partial charge in [0.1, 0.15) is 5.75 Å². The minimum atomic E-state index is 0.0780. The van der Waals surface area contributed by atoms with Gasteiger partial charge in [0.25, 0.3) is 0 Å². The summed E-state index contributed by atoms with van der Waals surface area (Å²) in [5, 5.41) is 4.18. The van der Waals surface area contributed by atoms with Gasteiger partial charge in [-0.15, -0.1) is 0 Å². The van der Waals surface area contributed by atoms with E-state index in [9.17, 15) is 0 Å². The topological polar surface area (TPSA) is 51.4 Å². The Morgan fingerprint density at radius 1 is 1.29 bits per heavy atom. The second-order valence-corrected chi connectivity index (χ2v) is 6.36. The largest absolute Gasteiger partial charge is 0.493 e. The van der Waals surface area contributed by atoms with E-state index < -0.39 is 0 Å². The van der Waals surface area contributed by atoms with Crippen LogP contribution in [0.1, 0.15) is 24.3 Å². The summed E-state index contributed by atoms with van der Waals surface area (Å²) in [4.78, 5) is 6.83. The van der Waals surface area contributed by atoms with Crippen molar-refractivity contribution in [2.24, 2.45) is 0 Å². The van der Waals surface area contributed by atoms with Gasteiger partial charge in [-0.3, -0.25) is 0 Å². The van der Waals surface area contributed by atoms with E-state index in [0.29, 0.717) is 5.82 Å². The normalized spacial score (nSPS) is 18.6. The van der Waals surface area contributed by atoms with E-state index in [2.05, 4.69) is 35.2 Å². The first kappa shape index (κ1) is 12.8. The molecule has 21 heavy (non-hydrogen) atoms. The molecule has 2 aliphatic rings. The summed E-state index contributed by atoms with van der Waals surface area (Å²) in [6.45, 7) is 1.73. The fraction of sp³-hybridized carbons (Fsp3) is 0.500. The zero-order chi connectivity index (χ0) is 14.4. The number of aromatic nitrogens is 2. The molecule has 0 amide bonds. The zero-order valence-electron chi connectivity index (χ0n) is 12.4. The van der Waals surface area contributed by atoms with Crippen LogP contribution in [0, 0.1) is 0 Å². The molecular weight excluding hydrogens is 266 g/mol. The number of nitrogens with zero attached hydrogens (tertiary/aromatic N) is 3. The van der Waals surface area contributed by atoms with Crippen molar-refractivity contribution in [2.45, 2.75) is 24.7 Å². The van der Waals surface area contributed by atoms with Gasteiger partial charge in [-0.05, 0) is 50.7 Å². The summed E-state index contributed by atoms with van der Waals surface area (Å²) >= 11 is 0. The molecule has 1 aliphatic heterocycles. The number of fused-ring (bicyclic) bond motifs is 1. The predicted molar refractivity (Wildman–Crippen MR) is 78.4 cm³/mol. The summed E-state index contributed by atoms with van der Waals surface area (Å²) < 4.78 is 11.1. The molecule has 0 N–H and O–H groups in total. The second kappa shape index (κ2) is 4.56. The number of likely N-dealkylation sites (N-methyl/N-ethyl adjacent to an activating group) is 1. The molecule has 1 aromatic heterocycles. The molecule has 5 heteroatoms. The summed E-state index contributed by atoms with van der Waals surface area (Å²) in [6, 6.07) is 6.12. The van der Waals surface area contributed by atoms with Gasteiger partial charge in [0, 0.05) is 18.5 Å². The molecule has 0 saturated heterocycles. The number of ether oxygens (including phenoxy) is 1. The van der Waals surface area contributed by atoms with Crippen LogP contribution in [0.25, 0.3) is 11.4 Å². The highest BCUT2D eigenvalue weighted by atomic mass is 16.5. The third kappa shape index (κ3) is 2.21. The van der Waals surface area contributed by atoms with Crippen LogP contribution >= 0.6 is 0 Å². The molecule has 5 nitrogen and oxygen atoms in total. The van der Waals surface area contributed by atoms with Crippen LogP contribution in [-0.4, -0.2) is 42.3 Å². The van der Waals surface area contributed by atoms with E-state index >= 15 is 0 Å². The first-order valence-corrected chi connectivity index (χ1v) is 7.41. The van der Waals surface area contributed by atoms with Gasteiger partial charge in [-0.2, -0.15) is 4.98 Å². The Balaban J connectivity index is 1.63. The number of rotatable bonds is 4. The molecule has 4 rings (SSSR count). The molecule has 0 atom stereocenters. The van der Waals surface area contributed by atoms with Crippen LogP contribution in [0.4, 0.5) is 0 Å². The number of hydrogen-bond donors (Lipinski definition) is 0. The number of hydrogen-bond acceptors (Lipinski definition) is 5. The van der Waals surface area contributed by atoms with Crippen LogP contribution < -0.4 is 4.74 Å². The van der Waals surface area contributed by atoms with Gasteiger partial charge in [-0.25, -0.2) is 0 Å². The maximum atomic E-state index is 5.55. The summed E-state index contributed by atoms with van der Waals surface area (Å²) in [6.07, 6.45) is 3.22. The highest BCUT2D eigenvalue weighted by molar-refractivity contribution is 5.59. The smallest absolute Gasteiger partial charge is 0.234 e. The highest BCUT2D eigenvalue weighted by Crippen LogP contribution is 2.48. The second-order valence-electron chi connectivity index (χ2n) is 6.36. The third-order valence-electron chi connectivity index (χ3n) is 4.30. The van der Waals surface area contributed by atoms with Crippen molar-refractivity contribution in [2.75, 3.05) is 27.2 Å². The summed E-state index contributed by atoms with van der Waals surface area (Å²) in [7, 11) is 4.16. The first-order valence-electron chi connectivity index (χ1n) is 7.41. The first-order chi connectivity index (χ1) is 10.2. The quantitative estimate of drug-likeness (QED) is 0.862. The highest BCUT2D eigenvalue weighted by Gasteiger charge is 2.49. The molecule has 0 radical (unpaired) electrons. The van der Waals surface area contributed by atoms with Crippen LogP contribution in [0.3, 0.4) is 0 Å². The fourth-order valence-corrected chi connectivity index (χ4v) is 3.08. The average molecular weight is 285 g/mol. The Labute approximate surface area is 123 Å². The lowest BCUT2D eigenvalue weighted by Gasteiger charge is -2.15. The Morgan fingerprint density at radius 3 is 2.90 bits per heavy atom. The lowest BCUT2D eigenvalue weighted by molar-refractivity contribution is 0.291. The van der Waals surface area contributed by atoms with E-state index in [4.69, 9.17) is 9.26 Å². The maximum Gasteiger partial charge on any atom is 0.234 e. The lowest BCUT2D eigenvalue weighted by atomic mass is 10.1. The van der Waals surface area contributed by atoms with Crippen molar-refractivity contribution in [3.8, 4) is 17.1 Å². The Kier molecular flexibility index (Phi) is 2.79. The maximum absolute atomic E-state index is 5.55. The molecule has 2 aromatic rings. The molecule has 1 fully saturated rings. The molecule has 0 bridgehead atoms. The molecule has 0 unspecified atom stereocenters. The average Bonchev–Trinajstić information content (AvgIpc) is 2.94. The fourth-order valence-electron chi connectivity index (χ4n) is 3.08. The van der Waals surface area contributed by atoms with Crippen molar-refractivity contribution in [1.29, 1.82) is 0 Å². The van der Waals surface area contributed by atoms with Crippen molar-refractivity contribution < 1.29 is 9.26 Å². The van der Waals surface area contributed by atoms with E-state index in [1.807, 2.05) is 12.1 Å². The SMILES string of the molecule is CN(C)CC1(c2nc(-c3ccc4c(c3)CCO4)no2)CC1. The van der Waals surface area contributed by atoms with Crippen molar-refractivity contribution in [1.82, 2.24) is 15.0 Å². The molecule has 2 heterocycles. The van der Waals surface area contributed by atoms with E-state index in [1.165, 1.54) is 5.56 Å².